The van der Waals surface area contributed by atoms with Crippen molar-refractivity contribution >= 4 is 51.4 Å². The summed E-state index contributed by atoms with van der Waals surface area (Å²) in [6.45, 7) is 2.07. The summed E-state index contributed by atoms with van der Waals surface area (Å²) in [6, 6.07) is 11.2. The first-order chi connectivity index (χ1) is 11.5. The second kappa shape index (κ2) is 6.67. The minimum Gasteiger partial charge on any atom is -0.365 e. The molecule has 0 saturated heterocycles. The van der Waals surface area contributed by atoms with E-state index in [1.807, 2.05) is 24.3 Å². The van der Waals surface area contributed by atoms with Gasteiger partial charge in [0.1, 0.15) is 0 Å². The molecule has 3 N–H and O–H groups in total. The first-order valence-electron chi connectivity index (χ1n) is 7.43. The van der Waals surface area contributed by atoms with Gasteiger partial charge < -0.3 is 11.1 Å². The van der Waals surface area contributed by atoms with Crippen LogP contribution in [-0.4, -0.2) is 10.9 Å². The molecular weight excluding hydrogens is 345 g/mol. The summed E-state index contributed by atoms with van der Waals surface area (Å²) in [7, 11) is 0. The highest BCUT2D eigenvalue weighted by molar-refractivity contribution is 6.43. The van der Waals surface area contributed by atoms with Crippen molar-refractivity contribution in [3.05, 3.63) is 63.8 Å². The molecule has 0 aliphatic heterocycles. The monoisotopic (exact) mass is 359 g/mol. The van der Waals surface area contributed by atoms with Crippen LogP contribution in [0.1, 0.15) is 22.8 Å². The molecule has 6 heteroatoms. The Morgan fingerprint density at radius 3 is 2.62 bits per heavy atom. The van der Waals surface area contributed by atoms with Crippen LogP contribution in [-0.2, 0) is 6.42 Å². The molecule has 0 aliphatic carbocycles. The van der Waals surface area contributed by atoms with Crippen molar-refractivity contribution in [3.8, 4) is 0 Å². The maximum Gasteiger partial charge on any atom is 0.252 e. The van der Waals surface area contributed by atoms with Gasteiger partial charge in [-0.05, 0) is 30.2 Å². The van der Waals surface area contributed by atoms with E-state index < -0.39 is 5.91 Å². The van der Waals surface area contributed by atoms with Gasteiger partial charge in [0.2, 0.25) is 0 Å². The van der Waals surface area contributed by atoms with Crippen molar-refractivity contribution in [2.75, 3.05) is 5.32 Å². The molecule has 1 heterocycles. The Morgan fingerprint density at radius 1 is 1.21 bits per heavy atom. The Labute approximate surface area is 149 Å². The van der Waals surface area contributed by atoms with Crippen molar-refractivity contribution in [1.82, 2.24) is 4.98 Å². The number of halogens is 2. The van der Waals surface area contributed by atoms with Crippen LogP contribution in [0.2, 0.25) is 10.0 Å². The molecule has 1 amide bonds. The lowest BCUT2D eigenvalue weighted by Crippen LogP contribution is -2.14. The van der Waals surface area contributed by atoms with Gasteiger partial charge >= 0.3 is 0 Å². The van der Waals surface area contributed by atoms with Gasteiger partial charge in [0.15, 0.2) is 0 Å². The number of aromatic nitrogens is 1. The quantitative estimate of drug-likeness (QED) is 0.692. The largest absolute Gasteiger partial charge is 0.365 e. The summed E-state index contributed by atoms with van der Waals surface area (Å²) in [5, 5.41) is 4.80. The maximum absolute atomic E-state index is 11.8. The Kier molecular flexibility index (Phi) is 4.60. The lowest BCUT2D eigenvalue weighted by molar-refractivity contribution is 0.100. The number of nitrogens with zero attached hydrogens (tertiary/aromatic N) is 1. The van der Waals surface area contributed by atoms with Crippen LogP contribution in [0, 0.1) is 0 Å². The Bertz CT molecular complexity index is 941. The van der Waals surface area contributed by atoms with Crippen LogP contribution in [0.5, 0.6) is 0 Å². The number of anilines is 2. The second-order valence-electron chi connectivity index (χ2n) is 5.33. The van der Waals surface area contributed by atoms with Crippen LogP contribution in [0.25, 0.3) is 10.9 Å². The third kappa shape index (κ3) is 3.03. The van der Waals surface area contributed by atoms with Gasteiger partial charge in [-0.2, -0.15) is 0 Å². The van der Waals surface area contributed by atoms with E-state index in [9.17, 15) is 4.79 Å². The van der Waals surface area contributed by atoms with E-state index in [1.54, 1.807) is 12.1 Å². The average Bonchev–Trinajstić information content (AvgIpc) is 2.56. The molecule has 24 heavy (non-hydrogen) atoms. The van der Waals surface area contributed by atoms with E-state index in [0.717, 1.165) is 17.7 Å². The predicted molar refractivity (Wildman–Crippen MR) is 99.4 cm³/mol. The Morgan fingerprint density at radius 2 is 1.92 bits per heavy atom. The van der Waals surface area contributed by atoms with E-state index in [2.05, 4.69) is 17.2 Å². The molecule has 122 valence electrons. The zero-order chi connectivity index (χ0) is 17.3. The molecule has 0 spiro atoms. The molecule has 3 rings (SSSR count). The third-order valence-corrected chi connectivity index (χ3v) is 4.56. The number of carbonyl (C=O) groups excluding carboxylic acids is 1. The molecule has 0 atom stereocenters. The molecule has 0 fully saturated rings. The summed E-state index contributed by atoms with van der Waals surface area (Å²) in [5.41, 5.74) is 9.05. The van der Waals surface area contributed by atoms with Gasteiger partial charge in [0.05, 0.1) is 26.8 Å². The summed E-state index contributed by atoms with van der Waals surface area (Å²) in [4.78, 5) is 16.1. The standard InChI is InChI=1S/C18H15Cl2N3O/c1-2-10-5-3-4-6-15(10)23-17-11-7-13(19)14(20)8-16(11)22-9-12(17)18(21)24/h3-9H,2H2,1H3,(H2,21,24)(H,22,23). The number of carbonyl (C=O) groups is 1. The smallest absolute Gasteiger partial charge is 0.252 e. The first-order valence-corrected chi connectivity index (χ1v) is 8.19. The normalized spacial score (nSPS) is 10.8. The van der Waals surface area contributed by atoms with Gasteiger partial charge in [-0.15, -0.1) is 0 Å². The molecule has 3 aromatic rings. The van der Waals surface area contributed by atoms with Crippen molar-refractivity contribution in [3.63, 3.8) is 0 Å². The van der Waals surface area contributed by atoms with E-state index in [0.29, 0.717) is 32.2 Å². The lowest BCUT2D eigenvalue weighted by atomic mass is 10.1. The third-order valence-electron chi connectivity index (χ3n) is 3.83. The summed E-state index contributed by atoms with van der Waals surface area (Å²) < 4.78 is 0. The number of fused-ring (bicyclic) bond motifs is 1. The number of para-hydroxylation sites is 1. The number of benzene rings is 2. The minimum atomic E-state index is -0.563. The molecule has 4 nitrogen and oxygen atoms in total. The van der Waals surface area contributed by atoms with Crippen LogP contribution in [0.3, 0.4) is 0 Å². The average molecular weight is 360 g/mol. The summed E-state index contributed by atoms with van der Waals surface area (Å²) in [6.07, 6.45) is 2.30. The van der Waals surface area contributed by atoms with E-state index in [-0.39, 0.29) is 0 Å². The Balaban J connectivity index is 2.25. The highest BCUT2D eigenvalue weighted by Gasteiger charge is 2.16. The molecular formula is C18H15Cl2N3O. The fraction of sp³-hybridized carbons (Fsp3) is 0.111. The summed E-state index contributed by atoms with van der Waals surface area (Å²) in [5.74, 6) is -0.563. The molecule has 0 radical (unpaired) electrons. The number of rotatable bonds is 4. The fourth-order valence-corrected chi connectivity index (χ4v) is 2.92. The molecule has 1 aromatic heterocycles. The molecule has 0 unspecified atom stereocenters. The van der Waals surface area contributed by atoms with Crippen LogP contribution in [0.15, 0.2) is 42.6 Å². The SMILES string of the molecule is CCc1ccccc1Nc1c(C(N)=O)cnc2cc(Cl)c(Cl)cc12. The number of primary amides is 1. The maximum atomic E-state index is 11.8. The Hall–Kier alpha value is -2.30. The van der Waals surface area contributed by atoms with Gasteiger partial charge in [0, 0.05) is 17.3 Å². The lowest BCUT2D eigenvalue weighted by Gasteiger charge is -2.16. The number of hydrogen-bond donors (Lipinski definition) is 2. The highest BCUT2D eigenvalue weighted by atomic mass is 35.5. The zero-order valence-corrected chi connectivity index (χ0v) is 14.4. The predicted octanol–water partition coefficient (Wildman–Crippen LogP) is 4.95. The van der Waals surface area contributed by atoms with Crippen LogP contribution >= 0.6 is 23.2 Å². The van der Waals surface area contributed by atoms with Gasteiger partial charge in [-0.25, -0.2) is 0 Å². The van der Waals surface area contributed by atoms with Crippen LogP contribution < -0.4 is 11.1 Å². The number of nitrogens with two attached hydrogens (primary N) is 1. The van der Waals surface area contributed by atoms with Gasteiger partial charge in [-0.1, -0.05) is 48.3 Å². The number of hydrogen-bond acceptors (Lipinski definition) is 3. The van der Waals surface area contributed by atoms with Crippen molar-refractivity contribution in [2.45, 2.75) is 13.3 Å². The molecule has 0 bridgehead atoms. The molecule has 0 saturated carbocycles. The van der Waals surface area contributed by atoms with E-state index in [4.69, 9.17) is 28.9 Å². The van der Waals surface area contributed by atoms with Crippen molar-refractivity contribution < 1.29 is 4.79 Å². The molecule has 2 aromatic carbocycles. The van der Waals surface area contributed by atoms with Crippen molar-refractivity contribution in [1.29, 1.82) is 0 Å². The highest BCUT2D eigenvalue weighted by Crippen LogP contribution is 2.35. The van der Waals surface area contributed by atoms with E-state index >= 15 is 0 Å². The van der Waals surface area contributed by atoms with Gasteiger partial charge in [0.25, 0.3) is 5.91 Å². The number of aryl methyl sites for hydroxylation is 1. The topological polar surface area (TPSA) is 68.0 Å². The van der Waals surface area contributed by atoms with E-state index in [1.165, 1.54) is 6.20 Å². The second-order valence-corrected chi connectivity index (χ2v) is 6.14. The molecule has 0 aliphatic rings. The van der Waals surface area contributed by atoms with Crippen molar-refractivity contribution in [2.24, 2.45) is 5.73 Å². The fourth-order valence-electron chi connectivity index (χ4n) is 2.59. The van der Waals surface area contributed by atoms with Crippen LogP contribution in [0.4, 0.5) is 11.4 Å². The van der Waals surface area contributed by atoms with Gasteiger partial charge in [-0.3, -0.25) is 9.78 Å². The zero-order valence-electron chi connectivity index (χ0n) is 12.9. The summed E-state index contributed by atoms with van der Waals surface area (Å²) >= 11 is 12.2. The first kappa shape index (κ1) is 16.6. The number of nitrogens with one attached hydrogen (secondary N) is 1. The number of amides is 1. The number of pyridine rings is 1. The minimum absolute atomic E-state index is 0.298.